The molecule has 132 valence electrons. The molecule has 5 nitrogen and oxygen atoms in total. The van der Waals surface area contributed by atoms with Crippen molar-refractivity contribution < 1.29 is 14.4 Å². The van der Waals surface area contributed by atoms with Gasteiger partial charge in [0.25, 0.3) is 5.91 Å². The lowest BCUT2D eigenvalue weighted by atomic mass is 9.98. The van der Waals surface area contributed by atoms with Crippen LogP contribution >= 0.6 is 0 Å². The second-order valence-electron chi connectivity index (χ2n) is 5.90. The molecule has 1 amide bonds. The van der Waals surface area contributed by atoms with E-state index in [0.29, 0.717) is 11.3 Å². The molecule has 1 heterocycles. The molecule has 0 aliphatic heterocycles. The molecule has 0 aliphatic rings. The lowest BCUT2D eigenvalue weighted by Crippen LogP contribution is -2.35. The molecule has 0 fully saturated rings. The van der Waals surface area contributed by atoms with Gasteiger partial charge in [-0.1, -0.05) is 53.7 Å². The minimum absolute atomic E-state index is 0.187. The molecule has 0 radical (unpaired) electrons. The molecule has 1 atom stereocenters. The first kappa shape index (κ1) is 17.6. The predicted octanol–water partition coefficient (Wildman–Crippen LogP) is 3.59. The van der Waals surface area contributed by atoms with Gasteiger partial charge in [0, 0.05) is 11.1 Å². The lowest BCUT2D eigenvalue weighted by molar-refractivity contribution is 0.0929. The third-order valence-electron chi connectivity index (χ3n) is 4.14. The summed E-state index contributed by atoms with van der Waals surface area (Å²) in [5.41, 5.74) is 4.07. The Balaban J connectivity index is 1.89. The topological polar surface area (TPSA) is 75.4 Å². The van der Waals surface area contributed by atoms with Crippen LogP contribution in [0.3, 0.4) is 0 Å². The molecule has 2 aromatic carbocycles. The fraction of sp³-hybridized carbons (Fsp3) is 0.143. The Kier molecular flexibility index (Phi) is 5.29. The third-order valence-corrected chi connectivity index (χ3v) is 4.14. The lowest BCUT2D eigenvalue weighted by Gasteiger charge is -2.12. The van der Waals surface area contributed by atoms with Crippen molar-refractivity contribution in [2.75, 3.05) is 6.61 Å². The van der Waals surface area contributed by atoms with Crippen LogP contribution < -0.4 is 5.32 Å². The number of nitrogens with zero attached hydrogens (tertiary/aromatic N) is 1. The van der Waals surface area contributed by atoms with E-state index in [1.807, 2.05) is 49.4 Å². The van der Waals surface area contributed by atoms with Gasteiger partial charge in [-0.05, 0) is 24.6 Å². The van der Waals surface area contributed by atoms with E-state index >= 15 is 0 Å². The highest BCUT2D eigenvalue weighted by Crippen LogP contribution is 2.34. The Hall–Kier alpha value is -3.18. The van der Waals surface area contributed by atoms with Gasteiger partial charge in [0.05, 0.1) is 18.2 Å². The zero-order chi connectivity index (χ0) is 18.5. The first-order valence-electron chi connectivity index (χ1n) is 8.30. The maximum atomic E-state index is 12.2. The Morgan fingerprint density at radius 3 is 2.50 bits per heavy atom. The number of hydrogen-bond acceptors (Lipinski definition) is 4. The third kappa shape index (κ3) is 3.58. The van der Waals surface area contributed by atoms with E-state index in [0.717, 1.165) is 22.4 Å². The highest BCUT2D eigenvalue weighted by Gasteiger charge is 2.17. The number of rotatable bonds is 6. The average Bonchev–Trinajstić information content (AvgIpc) is 3.08. The Morgan fingerprint density at radius 2 is 1.88 bits per heavy atom. The smallest absolute Gasteiger partial charge is 0.251 e. The van der Waals surface area contributed by atoms with Crippen LogP contribution in [-0.2, 0) is 0 Å². The summed E-state index contributed by atoms with van der Waals surface area (Å²) in [7, 11) is 0. The Bertz CT molecular complexity index is 899. The van der Waals surface area contributed by atoms with Crippen LogP contribution in [0.1, 0.15) is 16.1 Å². The van der Waals surface area contributed by atoms with Crippen molar-refractivity contribution in [3.8, 4) is 22.4 Å². The molecule has 0 aliphatic carbocycles. The summed E-state index contributed by atoms with van der Waals surface area (Å²) in [6, 6.07) is 16.6. The van der Waals surface area contributed by atoms with Gasteiger partial charge in [-0.3, -0.25) is 4.79 Å². The number of hydrogen-bond donors (Lipinski definition) is 2. The number of aryl methyl sites for hydroxylation is 1. The number of amides is 1. The zero-order valence-corrected chi connectivity index (χ0v) is 14.5. The monoisotopic (exact) mass is 348 g/mol. The van der Waals surface area contributed by atoms with E-state index in [4.69, 9.17) is 9.63 Å². The van der Waals surface area contributed by atoms with Gasteiger partial charge in [-0.15, -0.1) is 6.58 Å². The molecule has 0 bridgehead atoms. The molecular weight excluding hydrogens is 328 g/mol. The van der Waals surface area contributed by atoms with Crippen molar-refractivity contribution in [3.63, 3.8) is 0 Å². The van der Waals surface area contributed by atoms with Crippen LogP contribution in [0, 0.1) is 6.92 Å². The molecule has 0 saturated carbocycles. The van der Waals surface area contributed by atoms with E-state index in [-0.39, 0.29) is 12.5 Å². The molecule has 0 spiro atoms. The highest BCUT2D eigenvalue weighted by atomic mass is 16.5. The first-order valence-corrected chi connectivity index (χ1v) is 8.30. The molecule has 5 heteroatoms. The van der Waals surface area contributed by atoms with Crippen LogP contribution in [-0.4, -0.2) is 28.8 Å². The number of aromatic nitrogens is 1. The van der Waals surface area contributed by atoms with Crippen molar-refractivity contribution in [2.45, 2.75) is 13.0 Å². The van der Waals surface area contributed by atoms with Gasteiger partial charge < -0.3 is 14.9 Å². The SMILES string of the molecule is C=C[C@@H](CO)NC(=O)c1ccc(-c2c(-c3ccccc3)noc2C)cc1. The summed E-state index contributed by atoms with van der Waals surface area (Å²) in [6.07, 6.45) is 1.50. The van der Waals surface area contributed by atoms with Crippen LogP contribution in [0.4, 0.5) is 0 Å². The summed E-state index contributed by atoms with van der Waals surface area (Å²) >= 11 is 0. The standard InChI is InChI=1S/C21H20N2O3/c1-3-18(13-24)22-21(25)17-11-9-15(10-12-17)19-14(2)26-23-20(19)16-7-5-4-6-8-16/h3-12,18,24H,1,13H2,2H3,(H,22,25)/t18-/m0/s1. The van der Waals surface area contributed by atoms with E-state index < -0.39 is 6.04 Å². The number of carbonyl (C=O) groups is 1. The summed E-state index contributed by atoms with van der Waals surface area (Å²) in [5.74, 6) is 0.453. The van der Waals surface area contributed by atoms with Crippen molar-refractivity contribution in [1.29, 1.82) is 0 Å². The number of aliphatic hydroxyl groups excluding tert-OH is 1. The van der Waals surface area contributed by atoms with Crippen molar-refractivity contribution in [1.82, 2.24) is 10.5 Å². The van der Waals surface area contributed by atoms with E-state index in [1.165, 1.54) is 6.08 Å². The van der Waals surface area contributed by atoms with Gasteiger partial charge in [-0.25, -0.2) is 0 Å². The fourth-order valence-corrected chi connectivity index (χ4v) is 2.72. The second-order valence-corrected chi connectivity index (χ2v) is 5.90. The van der Waals surface area contributed by atoms with E-state index in [9.17, 15) is 4.79 Å². The number of nitrogens with one attached hydrogen (secondary N) is 1. The number of benzene rings is 2. The number of aliphatic hydroxyl groups is 1. The van der Waals surface area contributed by atoms with E-state index in [1.54, 1.807) is 12.1 Å². The fourth-order valence-electron chi connectivity index (χ4n) is 2.72. The molecule has 3 rings (SSSR count). The van der Waals surface area contributed by atoms with Gasteiger partial charge in [0.2, 0.25) is 0 Å². The maximum Gasteiger partial charge on any atom is 0.251 e. The van der Waals surface area contributed by atoms with E-state index in [2.05, 4.69) is 17.1 Å². The van der Waals surface area contributed by atoms with Crippen molar-refractivity contribution in [3.05, 3.63) is 78.6 Å². The van der Waals surface area contributed by atoms with Gasteiger partial charge in [0.15, 0.2) is 0 Å². The quantitative estimate of drug-likeness (QED) is 0.668. The Labute approximate surface area is 152 Å². The van der Waals surface area contributed by atoms with Crippen LogP contribution in [0.5, 0.6) is 0 Å². The second kappa shape index (κ2) is 7.80. The molecule has 2 N–H and O–H groups in total. The molecular formula is C21H20N2O3. The minimum atomic E-state index is -0.466. The predicted molar refractivity (Wildman–Crippen MR) is 101 cm³/mol. The molecule has 1 aromatic heterocycles. The molecule has 0 unspecified atom stereocenters. The van der Waals surface area contributed by atoms with Gasteiger partial charge in [-0.2, -0.15) is 0 Å². The van der Waals surface area contributed by atoms with Crippen LogP contribution in [0.25, 0.3) is 22.4 Å². The normalized spacial score (nSPS) is 11.8. The van der Waals surface area contributed by atoms with Gasteiger partial charge in [0.1, 0.15) is 11.5 Å². The van der Waals surface area contributed by atoms with Crippen molar-refractivity contribution in [2.24, 2.45) is 0 Å². The maximum absolute atomic E-state index is 12.2. The Morgan fingerprint density at radius 1 is 1.19 bits per heavy atom. The average molecular weight is 348 g/mol. The zero-order valence-electron chi connectivity index (χ0n) is 14.5. The van der Waals surface area contributed by atoms with Gasteiger partial charge >= 0.3 is 0 Å². The summed E-state index contributed by atoms with van der Waals surface area (Å²) in [6.45, 7) is 5.26. The summed E-state index contributed by atoms with van der Waals surface area (Å²) < 4.78 is 5.40. The minimum Gasteiger partial charge on any atom is -0.394 e. The number of carbonyl (C=O) groups excluding carboxylic acids is 1. The molecule has 3 aromatic rings. The summed E-state index contributed by atoms with van der Waals surface area (Å²) in [4.78, 5) is 12.2. The largest absolute Gasteiger partial charge is 0.394 e. The van der Waals surface area contributed by atoms with Crippen LogP contribution in [0.2, 0.25) is 0 Å². The van der Waals surface area contributed by atoms with Crippen LogP contribution in [0.15, 0.2) is 71.8 Å². The summed E-state index contributed by atoms with van der Waals surface area (Å²) in [5, 5.41) is 16.0. The molecule has 0 saturated heterocycles. The molecule has 26 heavy (non-hydrogen) atoms. The van der Waals surface area contributed by atoms with Crippen molar-refractivity contribution >= 4 is 5.91 Å². The first-order chi connectivity index (χ1) is 12.6. The highest BCUT2D eigenvalue weighted by molar-refractivity contribution is 5.95.